The minimum Gasteiger partial charge on any atom is -0.372 e. The predicted molar refractivity (Wildman–Crippen MR) is 122 cm³/mol. The fourth-order valence-corrected chi connectivity index (χ4v) is 4.53. The van der Waals surface area contributed by atoms with E-state index in [0.29, 0.717) is 39.4 Å². The lowest BCUT2D eigenvalue weighted by atomic mass is 10.1. The van der Waals surface area contributed by atoms with Crippen LogP contribution in [-0.4, -0.2) is 32.7 Å². The number of hydrogen-bond acceptors (Lipinski definition) is 6. The van der Waals surface area contributed by atoms with E-state index in [0.717, 1.165) is 40.5 Å². The van der Waals surface area contributed by atoms with Crippen LogP contribution in [-0.2, 0) is 17.9 Å². The molecular formula is C21H15Cl2N5O2S. The Morgan fingerprint density at radius 2 is 2.13 bits per heavy atom. The number of imidazole rings is 1. The molecule has 4 aromatic rings. The number of carbonyl (C=O) groups is 1. The Balaban J connectivity index is 1.29. The smallest absolute Gasteiger partial charge is 0.283 e. The normalized spacial score (nSPS) is 13.6. The predicted octanol–water partition coefficient (Wildman–Crippen LogP) is 4.76. The molecule has 3 heterocycles. The zero-order valence-electron chi connectivity index (χ0n) is 16.0. The van der Waals surface area contributed by atoms with Crippen LogP contribution in [0.3, 0.4) is 0 Å². The van der Waals surface area contributed by atoms with Gasteiger partial charge in [0.25, 0.3) is 5.91 Å². The number of hydrogen-bond donors (Lipinski definition) is 1. The molecule has 10 heteroatoms. The van der Waals surface area contributed by atoms with Crippen LogP contribution in [0.4, 0.5) is 0 Å². The maximum absolute atomic E-state index is 12.4. The van der Waals surface area contributed by atoms with Crippen LogP contribution in [0.2, 0.25) is 10.0 Å². The molecule has 0 bridgehead atoms. The summed E-state index contributed by atoms with van der Waals surface area (Å²) in [6.45, 7) is 2.01. The Bertz CT molecular complexity index is 1330. The van der Waals surface area contributed by atoms with Gasteiger partial charge in [-0.25, -0.2) is 10.4 Å². The highest BCUT2D eigenvalue weighted by molar-refractivity contribution is 7.08. The van der Waals surface area contributed by atoms with E-state index in [2.05, 4.69) is 24.5 Å². The van der Waals surface area contributed by atoms with Crippen LogP contribution in [0.25, 0.3) is 22.3 Å². The fourth-order valence-electron chi connectivity index (χ4n) is 3.38. The van der Waals surface area contributed by atoms with Gasteiger partial charge in [-0.05, 0) is 53.5 Å². The van der Waals surface area contributed by atoms with Crippen LogP contribution in [0.5, 0.6) is 0 Å². The summed E-state index contributed by atoms with van der Waals surface area (Å²) in [6, 6.07) is 12.7. The summed E-state index contributed by atoms with van der Waals surface area (Å²) < 4.78 is 11.9. The number of nitrogens with one attached hydrogen (secondary N) is 1. The molecule has 1 aliphatic rings. The summed E-state index contributed by atoms with van der Waals surface area (Å²) >= 11 is 13.2. The molecule has 0 aliphatic carbocycles. The number of halogens is 2. The van der Waals surface area contributed by atoms with Gasteiger partial charge in [-0.2, -0.15) is 9.47 Å². The molecule has 0 unspecified atom stereocenters. The van der Waals surface area contributed by atoms with Crippen molar-refractivity contribution < 1.29 is 9.53 Å². The van der Waals surface area contributed by atoms with Gasteiger partial charge in [0.2, 0.25) is 0 Å². The van der Waals surface area contributed by atoms with Crippen molar-refractivity contribution in [2.24, 2.45) is 5.10 Å². The monoisotopic (exact) mass is 471 g/mol. The molecule has 0 fully saturated rings. The Kier molecular flexibility index (Phi) is 5.45. The van der Waals surface area contributed by atoms with Crippen molar-refractivity contribution in [1.29, 1.82) is 0 Å². The minimum absolute atomic E-state index is 0.347. The third kappa shape index (κ3) is 4.07. The molecule has 0 saturated carbocycles. The average molecular weight is 472 g/mol. The highest BCUT2D eigenvalue weighted by Crippen LogP contribution is 2.31. The van der Waals surface area contributed by atoms with Crippen molar-refractivity contribution in [3.05, 3.63) is 68.8 Å². The van der Waals surface area contributed by atoms with Crippen molar-refractivity contribution in [3.8, 4) is 11.3 Å². The zero-order chi connectivity index (χ0) is 21.4. The van der Waals surface area contributed by atoms with Gasteiger partial charge in [0.1, 0.15) is 17.3 Å². The Labute approximate surface area is 191 Å². The van der Waals surface area contributed by atoms with Crippen LogP contribution >= 0.6 is 34.7 Å². The third-order valence-corrected chi connectivity index (χ3v) is 6.20. The van der Waals surface area contributed by atoms with Crippen LogP contribution in [0.1, 0.15) is 21.1 Å². The Morgan fingerprint density at radius 1 is 1.23 bits per heavy atom. The number of carbonyl (C=O) groups excluding carboxylic acids is 1. The molecule has 2 aromatic carbocycles. The summed E-state index contributed by atoms with van der Waals surface area (Å²) in [5.74, 6) is 0.575. The zero-order valence-corrected chi connectivity index (χ0v) is 18.3. The molecule has 0 atom stereocenters. The van der Waals surface area contributed by atoms with Crippen LogP contribution in [0, 0.1) is 0 Å². The fraction of sp³-hybridized carbons (Fsp3) is 0.143. The number of nitrogens with zero attached hydrogens (tertiary/aromatic N) is 4. The standard InChI is InChI=1S/C21H15Cl2N5O2S/c22-13-2-3-14(15(23)8-13)16-9-19(31-27-16)21(29)26-24-10-12-1-4-18-17(7-12)25-20-11-30-6-5-28(18)20/h1-4,7-10H,5-6,11H2,(H,26,29). The number of ether oxygens (including phenoxy) is 1. The molecule has 31 heavy (non-hydrogen) atoms. The number of benzene rings is 2. The van der Waals surface area contributed by atoms with E-state index in [9.17, 15) is 4.79 Å². The van der Waals surface area contributed by atoms with Crippen LogP contribution < -0.4 is 5.43 Å². The van der Waals surface area contributed by atoms with Gasteiger partial charge in [-0.3, -0.25) is 4.79 Å². The lowest BCUT2D eigenvalue weighted by molar-refractivity contribution is 0.0830. The van der Waals surface area contributed by atoms with E-state index in [4.69, 9.17) is 27.9 Å². The van der Waals surface area contributed by atoms with Gasteiger partial charge in [0.05, 0.1) is 34.6 Å². The summed E-state index contributed by atoms with van der Waals surface area (Å²) in [5, 5.41) is 5.09. The summed E-state index contributed by atoms with van der Waals surface area (Å²) in [5.41, 5.74) is 6.64. The van der Waals surface area contributed by atoms with E-state index >= 15 is 0 Å². The molecule has 0 saturated heterocycles. The molecule has 0 spiro atoms. The van der Waals surface area contributed by atoms with Gasteiger partial charge in [-0.1, -0.05) is 29.3 Å². The first kappa shape index (κ1) is 20.1. The van der Waals surface area contributed by atoms with Crippen LogP contribution in [0.15, 0.2) is 47.6 Å². The van der Waals surface area contributed by atoms with Gasteiger partial charge in [0.15, 0.2) is 0 Å². The first-order valence-corrected chi connectivity index (χ1v) is 10.9. The number of fused-ring (bicyclic) bond motifs is 3. The SMILES string of the molecule is O=C(NN=Cc1ccc2c(c1)nc1n2CCOC1)c1cc(-c2ccc(Cl)cc2Cl)ns1. The minimum atomic E-state index is -0.347. The summed E-state index contributed by atoms with van der Waals surface area (Å²) in [7, 11) is 0. The molecule has 156 valence electrons. The molecule has 1 N–H and O–H groups in total. The molecule has 0 radical (unpaired) electrons. The number of hydrazone groups is 1. The molecule has 7 nitrogen and oxygen atoms in total. The van der Waals surface area contributed by atoms with Crippen molar-refractivity contribution in [1.82, 2.24) is 19.4 Å². The van der Waals surface area contributed by atoms with Gasteiger partial charge < -0.3 is 9.30 Å². The Morgan fingerprint density at radius 3 is 3.00 bits per heavy atom. The second-order valence-corrected chi connectivity index (χ2v) is 8.53. The molecule has 5 rings (SSSR count). The number of rotatable bonds is 4. The van der Waals surface area contributed by atoms with Gasteiger partial charge >= 0.3 is 0 Å². The van der Waals surface area contributed by atoms with Crippen molar-refractivity contribution in [2.45, 2.75) is 13.2 Å². The first-order chi connectivity index (χ1) is 15.1. The highest BCUT2D eigenvalue weighted by atomic mass is 35.5. The third-order valence-electron chi connectivity index (χ3n) is 4.86. The molecular weight excluding hydrogens is 457 g/mol. The summed E-state index contributed by atoms with van der Waals surface area (Å²) in [6.07, 6.45) is 1.59. The van der Waals surface area contributed by atoms with Gasteiger partial charge in [0, 0.05) is 17.1 Å². The topological polar surface area (TPSA) is 81.4 Å². The molecule has 1 amide bonds. The van der Waals surface area contributed by atoms with E-state index in [1.807, 2.05) is 18.2 Å². The van der Waals surface area contributed by atoms with Crippen molar-refractivity contribution in [3.63, 3.8) is 0 Å². The molecule has 2 aromatic heterocycles. The lowest BCUT2D eigenvalue weighted by Gasteiger charge is -2.14. The number of aromatic nitrogens is 3. The second-order valence-electron chi connectivity index (χ2n) is 6.88. The quantitative estimate of drug-likeness (QED) is 0.343. The number of amides is 1. The van der Waals surface area contributed by atoms with Gasteiger partial charge in [-0.15, -0.1) is 0 Å². The van der Waals surface area contributed by atoms with E-state index in [-0.39, 0.29) is 5.91 Å². The first-order valence-electron chi connectivity index (χ1n) is 9.41. The van der Waals surface area contributed by atoms with E-state index < -0.39 is 0 Å². The lowest BCUT2D eigenvalue weighted by Crippen LogP contribution is -2.16. The maximum Gasteiger partial charge on any atom is 0.283 e. The van der Waals surface area contributed by atoms with E-state index in [1.54, 1.807) is 30.5 Å². The highest BCUT2D eigenvalue weighted by Gasteiger charge is 2.15. The van der Waals surface area contributed by atoms with E-state index in [1.165, 1.54) is 0 Å². The summed E-state index contributed by atoms with van der Waals surface area (Å²) in [4.78, 5) is 17.5. The second kappa shape index (κ2) is 8.39. The Hall–Kier alpha value is -2.78. The maximum atomic E-state index is 12.4. The van der Waals surface area contributed by atoms with Crippen molar-refractivity contribution >= 4 is 57.9 Å². The van der Waals surface area contributed by atoms with Crippen molar-refractivity contribution in [2.75, 3.05) is 6.61 Å². The largest absolute Gasteiger partial charge is 0.372 e. The molecule has 1 aliphatic heterocycles. The average Bonchev–Trinajstić information content (AvgIpc) is 3.38.